The Morgan fingerprint density at radius 3 is 2.41 bits per heavy atom. The normalized spacial score (nSPS) is 17.9. The zero-order valence-corrected chi connectivity index (χ0v) is 20.7. The Morgan fingerprint density at radius 2 is 1.76 bits per heavy atom. The van der Waals surface area contributed by atoms with Crippen LogP contribution in [-0.4, -0.2) is 65.3 Å². The summed E-state index contributed by atoms with van der Waals surface area (Å²) in [6, 6.07) is 3.23. The van der Waals surface area contributed by atoms with E-state index in [-0.39, 0.29) is 36.3 Å². The van der Waals surface area contributed by atoms with E-state index in [1.807, 2.05) is 0 Å². The van der Waals surface area contributed by atoms with E-state index in [0.29, 0.717) is 38.1 Å². The van der Waals surface area contributed by atoms with Crippen LogP contribution in [0.5, 0.6) is 0 Å². The molecule has 9 nitrogen and oxygen atoms in total. The van der Waals surface area contributed by atoms with Gasteiger partial charge in [0, 0.05) is 25.9 Å². The van der Waals surface area contributed by atoms with E-state index in [0.717, 1.165) is 25.7 Å². The van der Waals surface area contributed by atoms with E-state index in [1.165, 1.54) is 34.2 Å². The summed E-state index contributed by atoms with van der Waals surface area (Å²) >= 11 is 0. The molecule has 3 amide bonds. The molecule has 2 fully saturated rings. The fourth-order valence-electron chi connectivity index (χ4n) is 4.40. The minimum absolute atomic E-state index is 0.00648. The lowest BCUT2D eigenvalue weighted by Crippen LogP contribution is -2.53. The molecular formula is C25H39N3O6. The van der Waals surface area contributed by atoms with Gasteiger partial charge < -0.3 is 9.15 Å². The molecule has 1 aromatic heterocycles. The molecule has 190 valence electrons. The minimum Gasteiger partial charge on any atom is -0.459 e. The predicted molar refractivity (Wildman–Crippen MR) is 125 cm³/mol. The van der Waals surface area contributed by atoms with Crippen molar-refractivity contribution in [3.05, 3.63) is 24.2 Å². The number of hydrazine groups is 1. The van der Waals surface area contributed by atoms with Crippen LogP contribution in [0.1, 0.15) is 82.7 Å². The first-order valence-electron chi connectivity index (χ1n) is 12.6. The van der Waals surface area contributed by atoms with Gasteiger partial charge in [-0.15, -0.1) is 0 Å². The minimum atomic E-state index is -0.549. The number of ether oxygens (including phenoxy) is 1. The molecule has 1 saturated heterocycles. The standard InChI is InChI=1S/C25H39N3O6/c1-19(2)18-33-20(3)34-28(17-21-9-4-5-10-21)24(30)13-12-23(29)26-14-6-7-15-27(26)25(31)22-11-8-16-32-22/h8,11,16,19-21H,4-7,9-10,12-15,17-18H2,1-3H3. The van der Waals surface area contributed by atoms with E-state index in [1.54, 1.807) is 19.1 Å². The number of furan rings is 1. The third kappa shape index (κ3) is 7.56. The second kappa shape index (κ2) is 12.9. The third-order valence-electron chi connectivity index (χ3n) is 6.21. The maximum absolute atomic E-state index is 13.1. The van der Waals surface area contributed by atoms with Gasteiger partial charge in [-0.3, -0.25) is 19.4 Å². The Bertz CT molecular complexity index is 791. The van der Waals surface area contributed by atoms with Crippen molar-refractivity contribution in [2.75, 3.05) is 26.2 Å². The first kappa shape index (κ1) is 26.2. The van der Waals surface area contributed by atoms with Gasteiger partial charge in [0.2, 0.25) is 11.8 Å². The SMILES string of the molecule is CC(C)COC(C)ON(CC1CCCC1)C(=O)CCC(=O)N1CCCCN1C(=O)c1ccco1. The Hall–Kier alpha value is -2.39. The second-order valence-electron chi connectivity index (χ2n) is 9.64. The topological polar surface area (TPSA) is 92.5 Å². The maximum Gasteiger partial charge on any atom is 0.308 e. The number of amides is 3. The number of rotatable bonds is 11. The summed E-state index contributed by atoms with van der Waals surface area (Å²) in [5.41, 5.74) is 0. The van der Waals surface area contributed by atoms with Gasteiger partial charge in [-0.25, -0.2) is 14.9 Å². The highest BCUT2D eigenvalue weighted by Crippen LogP contribution is 2.26. The van der Waals surface area contributed by atoms with Crippen LogP contribution in [0.2, 0.25) is 0 Å². The highest BCUT2D eigenvalue weighted by atomic mass is 16.8. The molecule has 0 N–H and O–H groups in total. The van der Waals surface area contributed by atoms with E-state index in [9.17, 15) is 14.4 Å². The third-order valence-corrected chi connectivity index (χ3v) is 6.21. The Labute approximate surface area is 202 Å². The molecular weight excluding hydrogens is 438 g/mol. The lowest BCUT2D eigenvalue weighted by atomic mass is 10.1. The van der Waals surface area contributed by atoms with Crippen molar-refractivity contribution in [2.24, 2.45) is 11.8 Å². The van der Waals surface area contributed by atoms with Crippen molar-refractivity contribution < 1.29 is 28.4 Å². The van der Waals surface area contributed by atoms with Gasteiger partial charge >= 0.3 is 5.91 Å². The molecule has 3 rings (SSSR count). The average Bonchev–Trinajstić information content (AvgIpc) is 3.54. The monoisotopic (exact) mass is 477 g/mol. The van der Waals surface area contributed by atoms with Crippen molar-refractivity contribution in [2.45, 2.75) is 78.4 Å². The van der Waals surface area contributed by atoms with Crippen molar-refractivity contribution in [1.82, 2.24) is 15.1 Å². The lowest BCUT2D eigenvalue weighted by Gasteiger charge is -2.38. The smallest absolute Gasteiger partial charge is 0.308 e. The molecule has 2 aliphatic rings. The Kier molecular flexibility index (Phi) is 9.95. The molecule has 1 atom stereocenters. The van der Waals surface area contributed by atoms with Crippen LogP contribution in [0, 0.1) is 11.8 Å². The predicted octanol–water partition coefficient (Wildman–Crippen LogP) is 4.01. The molecule has 0 bridgehead atoms. The van der Waals surface area contributed by atoms with Gasteiger partial charge in [-0.2, -0.15) is 0 Å². The zero-order valence-electron chi connectivity index (χ0n) is 20.7. The van der Waals surface area contributed by atoms with Crippen LogP contribution in [0.3, 0.4) is 0 Å². The van der Waals surface area contributed by atoms with Crippen LogP contribution < -0.4 is 0 Å². The number of hydrogen-bond donors (Lipinski definition) is 0. The summed E-state index contributed by atoms with van der Waals surface area (Å²) in [6.07, 6.45) is 7.01. The Morgan fingerprint density at radius 1 is 1.06 bits per heavy atom. The summed E-state index contributed by atoms with van der Waals surface area (Å²) < 4.78 is 10.9. The van der Waals surface area contributed by atoms with Gasteiger partial charge in [0.1, 0.15) is 0 Å². The average molecular weight is 478 g/mol. The number of hydroxylamine groups is 2. The summed E-state index contributed by atoms with van der Waals surface area (Å²) in [6.45, 7) is 7.84. The molecule has 0 aromatic carbocycles. The molecule has 1 aliphatic heterocycles. The molecule has 1 aliphatic carbocycles. The molecule has 1 saturated carbocycles. The first-order chi connectivity index (χ1) is 16.3. The summed E-state index contributed by atoms with van der Waals surface area (Å²) in [5, 5.41) is 4.29. The highest BCUT2D eigenvalue weighted by Gasteiger charge is 2.32. The van der Waals surface area contributed by atoms with E-state index < -0.39 is 6.29 Å². The van der Waals surface area contributed by atoms with Gasteiger partial charge in [0.05, 0.1) is 19.4 Å². The number of carbonyl (C=O) groups excluding carboxylic acids is 3. The van der Waals surface area contributed by atoms with Gasteiger partial charge in [0.25, 0.3) is 0 Å². The highest BCUT2D eigenvalue weighted by molar-refractivity contribution is 5.93. The summed E-state index contributed by atoms with van der Waals surface area (Å²) in [7, 11) is 0. The first-order valence-corrected chi connectivity index (χ1v) is 12.6. The van der Waals surface area contributed by atoms with Crippen LogP contribution in [0.15, 0.2) is 22.8 Å². The van der Waals surface area contributed by atoms with Crippen LogP contribution >= 0.6 is 0 Å². The molecule has 0 radical (unpaired) electrons. The van der Waals surface area contributed by atoms with Crippen LogP contribution in [0.4, 0.5) is 0 Å². The molecule has 2 heterocycles. The lowest BCUT2D eigenvalue weighted by molar-refractivity contribution is -0.269. The Balaban J connectivity index is 1.57. The number of nitrogens with zero attached hydrogens (tertiary/aromatic N) is 3. The fraction of sp³-hybridized carbons (Fsp3) is 0.720. The van der Waals surface area contributed by atoms with E-state index in [4.69, 9.17) is 14.0 Å². The van der Waals surface area contributed by atoms with Crippen molar-refractivity contribution in [3.8, 4) is 0 Å². The maximum atomic E-state index is 13.1. The summed E-state index contributed by atoms with van der Waals surface area (Å²) in [4.78, 5) is 44.7. The fourth-order valence-corrected chi connectivity index (χ4v) is 4.40. The molecule has 0 spiro atoms. The van der Waals surface area contributed by atoms with Gasteiger partial charge in [-0.1, -0.05) is 26.7 Å². The second-order valence-corrected chi connectivity index (χ2v) is 9.64. The molecule has 1 unspecified atom stereocenters. The quantitative estimate of drug-likeness (QED) is 0.353. The summed E-state index contributed by atoms with van der Waals surface area (Å²) in [5.74, 6) is 0.132. The number of hydrogen-bond acceptors (Lipinski definition) is 6. The van der Waals surface area contributed by atoms with Crippen LogP contribution in [-0.2, 0) is 19.2 Å². The van der Waals surface area contributed by atoms with E-state index in [2.05, 4.69) is 13.8 Å². The molecule has 34 heavy (non-hydrogen) atoms. The molecule has 1 aromatic rings. The van der Waals surface area contributed by atoms with Gasteiger partial charge in [-0.05, 0) is 56.6 Å². The van der Waals surface area contributed by atoms with Crippen molar-refractivity contribution in [1.29, 1.82) is 0 Å². The number of carbonyl (C=O) groups is 3. The van der Waals surface area contributed by atoms with Gasteiger partial charge in [0.15, 0.2) is 12.1 Å². The molecule has 9 heteroatoms. The largest absolute Gasteiger partial charge is 0.459 e. The van der Waals surface area contributed by atoms with Crippen LogP contribution in [0.25, 0.3) is 0 Å². The van der Waals surface area contributed by atoms with Crippen molar-refractivity contribution in [3.63, 3.8) is 0 Å². The zero-order chi connectivity index (χ0) is 24.5. The van der Waals surface area contributed by atoms with E-state index >= 15 is 0 Å². The van der Waals surface area contributed by atoms with Crippen molar-refractivity contribution >= 4 is 17.7 Å².